The average molecular weight is 810 g/mol. The summed E-state index contributed by atoms with van der Waals surface area (Å²) < 4.78 is 47.6. The molecule has 306 valence electrons. The standard InChI is InChI=1S/C41H50F3N7O5S/c1-24-18-32(19-25(2)49(24)23-36(53)47-29-7-5-6-28(20-29)46-34-14-15-35(52)48-37(34)54)56-17-16-26-8-11-30(12-9-26)51-39(57)50(38(55)40(51,3)4)31-13-10-27(22-45)33(21-31)41(42,43)44/h5-7,10,13,20-21,24-26,30,32,34,46H,8-9,11-12,14-19,23H2,1-4H3,(H,47,53)(H,48,52,54). The van der Waals surface area contributed by atoms with Gasteiger partial charge in [0.15, 0.2) is 5.11 Å². The number of piperidine rings is 2. The fourth-order valence-electron chi connectivity index (χ4n) is 8.84. The summed E-state index contributed by atoms with van der Waals surface area (Å²) in [5, 5.41) is 17.9. The molecule has 3 N–H and O–H groups in total. The first kappa shape index (κ1) is 42.0. The van der Waals surface area contributed by atoms with E-state index < -0.39 is 34.8 Å². The van der Waals surface area contributed by atoms with Crippen LogP contribution in [0.25, 0.3) is 0 Å². The molecule has 6 rings (SSSR count). The van der Waals surface area contributed by atoms with E-state index in [2.05, 4.69) is 34.7 Å². The molecule has 0 aromatic heterocycles. The van der Waals surface area contributed by atoms with Crippen LogP contribution in [0.15, 0.2) is 42.5 Å². The first-order chi connectivity index (χ1) is 27.0. The van der Waals surface area contributed by atoms with Gasteiger partial charge < -0.3 is 20.3 Å². The molecule has 3 aliphatic heterocycles. The zero-order chi connectivity index (χ0) is 41.2. The number of imide groups is 1. The number of thiocarbonyl (C=S) groups is 1. The average Bonchev–Trinajstić information content (AvgIpc) is 3.32. The number of hydrogen-bond acceptors (Lipinski definition) is 9. The number of alkyl halides is 3. The molecule has 1 aliphatic carbocycles. The van der Waals surface area contributed by atoms with Crippen molar-refractivity contribution < 1.29 is 37.1 Å². The van der Waals surface area contributed by atoms with Crippen molar-refractivity contribution in [1.29, 1.82) is 5.26 Å². The maximum Gasteiger partial charge on any atom is 0.417 e. The van der Waals surface area contributed by atoms with E-state index in [9.17, 15) is 37.6 Å². The Labute approximate surface area is 336 Å². The van der Waals surface area contributed by atoms with Gasteiger partial charge in [0.1, 0.15) is 11.6 Å². The predicted octanol–water partition coefficient (Wildman–Crippen LogP) is 6.35. The summed E-state index contributed by atoms with van der Waals surface area (Å²) in [4.78, 5) is 55.6. The first-order valence-electron chi connectivity index (χ1n) is 19.6. The van der Waals surface area contributed by atoms with Crippen LogP contribution in [-0.2, 0) is 30.1 Å². The number of ether oxygens (including phenoxy) is 1. The number of nitrogens with zero attached hydrogens (tertiary/aromatic N) is 4. The monoisotopic (exact) mass is 809 g/mol. The number of halogens is 3. The normalized spacial score (nSPS) is 26.9. The summed E-state index contributed by atoms with van der Waals surface area (Å²) in [5.74, 6) is -0.749. The number of rotatable bonds is 11. The van der Waals surface area contributed by atoms with Gasteiger partial charge in [-0.05, 0) is 134 Å². The Hall–Kier alpha value is -4.59. The Bertz CT molecular complexity index is 1920. The van der Waals surface area contributed by atoms with Gasteiger partial charge in [0.05, 0.1) is 35.5 Å². The Morgan fingerprint density at radius 2 is 1.70 bits per heavy atom. The maximum absolute atomic E-state index is 13.7. The van der Waals surface area contributed by atoms with Gasteiger partial charge in [0.2, 0.25) is 17.7 Å². The lowest BCUT2D eigenvalue weighted by atomic mass is 9.82. The van der Waals surface area contributed by atoms with Crippen LogP contribution in [0.5, 0.6) is 0 Å². The predicted molar refractivity (Wildman–Crippen MR) is 212 cm³/mol. The van der Waals surface area contributed by atoms with Crippen LogP contribution in [0, 0.1) is 17.2 Å². The third-order valence-corrected chi connectivity index (χ3v) is 12.2. The highest BCUT2D eigenvalue weighted by molar-refractivity contribution is 7.80. The van der Waals surface area contributed by atoms with Crippen LogP contribution in [0.3, 0.4) is 0 Å². The van der Waals surface area contributed by atoms with Crippen LogP contribution in [0.2, 0.25) is 0 Å². The SMILES string of the molecule is CC1CC(OCCC2CCC(N3C(=S)N(c4ccc(C#N)c(C(F)(F)F)c4)C(=O)C3(C)C)CC2)CC(C)N1CC(=O)Nc1cccc(NC2CCC(=O)NC2=O)c1. The summed E-state index contributed by atoms with van der Waals surface area (Å²) in [6.45, 7) is 8.56. The van der Waals surface area contributed by atoms with Crippen molar-refractivity contribution in [2.45, 2.75) is 127 Å². The van der Waals surface area contributed by atoms with Gasteiger partial charge in [-0.25, -0.2) is 0 Å². The van der Waals surface area contributed by atoms with E-state index in [0.717, 1.165) is 57.1 Å². The van der Waals surface area contributed by atoms with Crippen molar-refractivity contribution in [3.05, 3.63) is 53.6 Å². The number of carbonyl (C=O) groups is 4. The number of likely N-dealkylation sites (tertiary alicyclic amines) is 1. The minimum atomic E-state index is -4.76. The van der Waals surface area contributed by atoms with Crippen LogP contribution < -0.4 is 20.9 Å². The first-order valence-corrected chi connectivity index (χ1v) is 20.0. The highest BCUT2D eigenvalue weighted by Gasteiger charge is 2.52. The lowest BCUT2D eigenvalue weighted by Gasteiger charge is -2.42. The van der Waals surface area contributed by atoms with E-state index in [1.807, 2.05) is 11.0 Å². The second kappa shape index (κ2) is 17.1. The molecule has 2 aromatic carbocycles. The molecular formula is C41H50F3N7O5S. The van der Waals surface area contributed by atoms with Gasteiger partial charge in [-0.2, -0.15) is 18.4 Å². The molecule has 2 aromatic rings. The van der Waals surface area contributed by atoms with Crippen LogP contribution in [-0.4, -0.2) is 87.5 Å². The molecule has 57 heavy (non-hydrogen) atoms. The van der Waals surface area contributed by atoms with E-state index in [1.54, 1.807) is 38.1 Å². The van der Waals surface area contributed by atoms with Gasteiger partial charge in [-0.15, -0.1) is 0 Å². The second-order valence-corrected chi connectivity index (χ2v) is 16.6. The minimum absolute atomic E-state index is 0.000615. The fourth-order valence-corrected chi connectivity index (χ4v) is 9.41. The largest absolute Gasteiger partial charge is 0.417 e. The lowest BCUT2D eigenvalue weighted by Crippen LogP contribution is -2.51. The van der Waals surface area contributed by atoms with E-state index in [4.69, 9.17) is 17.0 Å². The molecule has 12 nitrogen and oxygen atoms in total. The molecule has 0 spiro atoms. The van der Waals surface area contributed by atoms with Crippen LogP contribution >= 0.6 is 12.2 Å². The third-order valence-electron chi connectivity index (χ3n) is 11.9. The van der Waals surface area contributed by atoms with E-state index in [1.165, 1.54) is 11.0 Å². The summed E-state index contributed by atoms with van der Waals surface area (Å²) in [5.41, 5.74) is -1.38. The molecular weight excluding hydrogens is 760 g/mol. The molecule has 1 saturated carbocycles. The van der Waals surface area contributed by atoms with Crippen molar-refractivity contribution in [3.63, 3.8) is 0 Å². The number of hydrogen-bond donors (Lipinski definition) is 3. The molecule has 16 heteroatoms. The van der Waals surface area contributed by atoms with Crippen molar-refractivity contribution in [2.24, 2.45) is 5.92 Å². The van der Waals surface area contributed by atoms with Crippen LogP contribution in [0.1, 0.15) is 96.6 Å². The van der Waals surface area contributed by atoms with Gasteiger partial charge in [-0.3, -0.25) is 34.3 Å². The molecule has 3 unspecified atom stereocenters. The Kier molecular flexibility index (Phi) is 12.6. The van der Waals surface area contributed by atoms with Crippen molar-refractivity contribution in [2.75, 3.05) is 28.7 Å². The van der Waals surface area contributed by atoms with Crippen molar-refractivity contribution in [1.82, 2.24) is 15.1 Å². The molecule has 0 bridgehead atoms. The minimum Gasteiger partial charge on any atom is -0.378 e. The summed E-state index contributed by atoms with van der Waals surface area (Å²) in [7, 11) is 0. The zero-order valence-corrected chi connectivity index (χ0v) is 33.5. The number of anilines is 3. The zero-order valence-electron chi connectivity index (χ0n) is 32.7. The topological polar surface area (TPSA) is 147 Å². The summed E-state index contributed by atoms with van der Waals surface area (Å²) >= 11 is 5.75. The molecule has 3 saturated heterocycles. The van der Waals surface area contributed by atoms with E-state index >= 15 is 0 Å². The molecule has 0 radical (unpaired) electrons. The molecule has 4 amide bonds. The van der Waals surface area contributed by atoms with Crippen molar-refractivity contribution in [3.8, 4) is 6.07 Å². The third kappa shape index (κ3) is 9.42. The van der Waals surface area contributed by atoms with E-state index in [-0.39, 0.29) is 65.7 Å². The van der Waals surface area contributed by atoms with Gasteiger partial charge in [0, 0.05) is 42.5 Å². The summed E-state index contributed by atoms with van der Waals surface area (Å²) in [6.07, 6.45) is 1.85. The number of amides is 4. The smallest absolute Gasteiger partial charge is 0.378 e. The van der Waals surface area contributed by atoms with Crippen LogP contribution in [0.4, 0.5) is 30.2 Å². The summed E-state index contributed by atoms with van der Waals surface area (Å²) in [6, 6.07) is 11.7. The molecule has 4 aliphatic rings. The van der Waals surface area contributed by atoms with E-state index in [0.29, 0.717) is 30.3 Å². The Morgan fingerprint density at radius 3 is 2.35 bits per heavy atom. The number of benzene rings is 2. The van der Waals surface area contributed by atoms with Gasteiger partial charge in [0.25, 0.3) is 5.91 Å². The van der Waals surface area contributed by atoms with Gasteiger partial charge in [-0.1, -0.05) is 6.07 Å². The Balaban J connectivity index is 0.943. The highest BCUT2D eigenvalue weighted by Crippen LogP contribution is 2.41. The second-order valence-electron chi connectivity index (χ2n) is 16.3. The molecule has 4 fully saturated rings. The quantitative estimate of drug-likeness (QED) is 0.173. The van der Waals surface area contributed by atoms with Gasteiger partial charge >= 0.3 is 6.18 Å². The number of carbonyl (C=O) groups excluding carboxylic acids is 4. The highest BCUT2D eigenvalue weighted by atomic mass is 32.1. The number of nitriles is 1. The van der Waals surface area contributed by atoms with Crippen molar-refractivity contribution >= 4 is 58.0 Å². The number of nitrogens with one attached hydrogen (secondary N) is 3. The maximum atomic E-state index is 13.7. The lowest BCUT2D eigenvalue weighted by molar-refractivity contribution is -0.138. The Morgan fingerprint density at radius 1 is 1.02 bits per heavy atom. The molecule has 3 atom stereocenters. The molecule has 3 heterocycles. The fraction of sp³-hybridized carbons (Fsp3) is 0.561.